The van der Waals surface area contributed by atoms with Crippen LogP contribution >= 0.6 is 11.8 Å². The Hall–Kier alpha value is -1.52. The molecule has 0 saturated heterocycles. The highest BCUT2D eigenvalue weighted by Crippen LogP contribution is 2.26. The summed E-state index contributed by atoms with van der Waals surface area (Å²) >= 11 is 1.72. The maximum absolute atomic E-state index is 6.16. The molecule has 1 atom stereocenters. The second kappa shape index (κ2) is 6.42. The Bertz CT molecular complexity index is 490. The molecule has 2 aromatic rings. The summed E-state index contributed by atoms with van der Waals surface area (Å²) in [6, 6.07) is 13.8. The minimum atomic E-state index is -0.133. The van der Waals surface area contributed by atoms with Crippen LogP contribution in [0.3, 0.4) is 0 Å². The van der Waals surface area contributed by atoms with E-state index in [0.29, 0.717) is 0 Å². The molecule has 4 heteroatoms. The maximum atomic E-state index is 6.16. The zero-order valence-electron chi connectivity index (χ0n) is 10.2. The van der Waals surface area contributed by atoms with Gasteiger partial charge in [-0.05, 0) is 24.3 Å². The fourth-order valence-corrected chi connectivity index (χ4v) is 2.51. The van der Waals surface area contributed by atoms with E-state index in [9.17, 15) is 0 Å². The van der Waals surface area contributed by atoms with Gasteiger partial charge in [0, 0.05) is 16.8 Å². The third-order valence-corrected chi connectivity index (χ3v) is 3.67. The third kappa shape index (κ3) is 3.24. The standard InChI is InChI=1S/C14H16N2OS/c1-17-13-8-5-9-16-14(13)12(15)10-18-11-6-3-2-4-7-11/h2-9,12H,10,15H2,1H3. The lowest BCUT2D eigenvalue weighted by Crippen LogP contribution is -2.15. The Kier molecular flexibility index (Phi) is 4.61. The van der Waals surface area contributed by atoms with Gasteiger partial charge in [-0.15, -0.1) is 11.8 Å². The Morgan fingerprint density at radius 2 is 2.00 bits per heavy atom. The fraction of sp³-hybridized carbons (Fsp3) is 0.214. The van der Waals surface area contributed by atoms with E-state index in [1.165, 1.54) is 4.90 Å². The highest BCUT2D eigenvalue weighted by atomic mass is 32.2. The molecule has 0 bridgehead atoms. The first kappa shape index (κ1) is 12.9. The molecular formula is C14H16N2OS. The van der Waals surface area contributed by atoms with E-state index in [1.807, 2.05) is 30.3 Å². The van der Waals surface area contributed by atoms with Crippen LogP contribution in [0.2, 0.25) is 0 Å². The van der Waals surface area contributed by atoms with Crippen LogP contribution < -0.4 is 10.5 Å². The number of rotatable bonds is 5. The quantitative estimate of drug-likeness (QED) is 0.840. The van der Waals surface area contributed by atoms with Crippen molar-refractivity contribution in [3.05, 3.63) is 54.4 Å². The number of hydrogen-bond acceptors (Lipinski definition) is 4. The first-order valence-corrected chi connectivity index (χ1v) is 6.72. The average molecular weight is 260 g/mol. The first-order chi connectivity index (χ1) is 8.81. The number of pyridine rings is 1. The summed E-state index contributed by atoms with van der Waals surface area (Å²) in [5, 5.41) is 0. The average Bonchev–Trinajstić information content (AvgIpc) is 2.45. The summed E-state index contributed by atoms with van der Waals surface area (Å²) in [5.74, 6) is 1.52. The summed E-state index contributed by atoms with van der Waals surface area (Å²) in [4.78, 5) is 5.51. The van der Waals surface area contributed by atoms with Crippen LogP contribution in [0.15, 0.2) is 53.6 Å². The van der Waals surface area contributed by atoms with Crippen LogP contribution in [0, 0.1) is 0 Å². The Labute approximate surface area is 111 Å². The molecule has 2 rings (SSSR count). The summed E-state index contributed by atoms with van der Waals surface area (Å²) in [5.41, 5.74) is 6.96. The second-order valence-electron chi connectivity index (χ2n) is 3.82. The van der Waals surface area contributed by atoms with Gasteiger partial charge in [0.2, 0.25) is 0 Å². The van der Waals surface area contributed by atoms with E-state index in [-0.39, 0.29) is 6.04 Å². The van der Waals surface area contributed by atoms with E-state index in [4.69, 9.17) is 10.5 Å². The molecule has 1 aromatic carbocycles. The van der Waals surface area contributed by atoms with Gasteiger partial charge < -0.3 is 10.5 Å². The number of ether oxygens (including phenoxy) is 1. The van der Waals surface area contributed by atoms with E-state index in [2.05, 4.69) is 17.1 Å². The fourth-order valence-electron chi connectivity index (χ4n) is 1.64. The lowest BCUT2D eigenvalue weighted by atomic mass is 10.2. The minimum absolute atomic E-state index is 0.133. The van der Waals surface area contributed by atoms with Crippen molar-refractivity contribution in [2.24, 2.45) is 5.73 Å². The summed E-state index contributed by atoms with van der Waals surface area (Å²) < 4.78 is 5.27. The molecule has 0 aliphatic carbocycles. The zero-order valence-corrected chi connectivity index (χ0v) is 11.1. The van der Waals surface area contributed by atoms with E-state index in [1.54, 1.807) is 25.1 Å². The molecule has 3 nitrogen and oxygen atoms in total. The number of benzene rings is 1. The van der Waals surface area contributed by atoms with Crippen molar-refractivity contribution < 1.29 is 4.74 Å². The van der Waals surface area contributed by atoms with Gasteiger partial charge in [-0.25, -0.2) is 0 Å². The smallest absolute Gasteiger partial charge is 0.142 e. The lowest BCUT2D eigenvalue weighted by Gasteiger charge is -2.13. The SMILES string of the molecule is COc1cccnc1C(N)CSc1ccccc1. The summed E-state index contributed by atoms with van der Waals surface area (Å²) in [6.45, 7) is 0. The van der Waals surface area contributed by atoms with Crippen molar-refractivity contribution in [1.82, 2.24) is 4.98 Å². The Balaban J connectivity index is 2.01. The number of nitrogens with two attached hydrogens (primary N) is 1. The van der Waals surface area contributed by atoms with E-state index in [0.717, 1.165) is 17.2 Å². The Morgan fingerprint density at radius 1 is 1.22 bits per heavy atom. The first-order valence-electron chi connectivity index (χ1n) is 5.73. The molecule has 0 radical (unpaired) electrons. The Morgan fingerprint density at radius 3 is 2.72 bits per heavy atom. The van der Waals surface area contributed by atoms with Gasteiger partial charge in [0.1, 0.15) is 5.75 Å². The maximum Gasteiger partial charge on any atom is 0.142 e. The number of thioether (sulfide) groups is 1. The van der Waals surface area contributed by atoms with Crippen molar-refractivity contribution in [3.8, 4) is 5.75 Å². The number of methoxy groups -OCH3 is 1. The van der Waals surface area contributed by atoms with Crippen LogP contribution in [0.5, 0.6) is 5.75 Å². The molecule has 1 aromatic heterocycles. The van der Waals surface area contributed by atoms with Crippen LogP contribution in [-0.2, 0) is 0 Å². The van der Waals surface area contributed by atoms with Gasteiger partial charge >= 0.3 is 0 Å². The topological polar surface area (TPSA) is 48.1 Å². The molecule has 0 spiro atoms. The highest BCUT2D eigenvalue weighted by molar-refractivity contribution is 7.99. The van der Waals surface area contributed by atoms with Gasteiger partial charge in [-0.1, -0.05) is 18.2 Å². The van der Waals surface area contributed by atoms with Crippen LogP contribution in [0.1, 0.15) is 11.7 Å². The zero-order chi connectivity index (χ0) is 12.8. The predicted octanol–water partition coefficient (Wildman–Crippen LogP) is 2.88. The predicted molar refractivity (Wildman–Crippen MR) is 74.9 cm³/mol. The van der Waals surface area contributed by atoms with Crippen LogP contribution in [0.25, 0.3) is 0 Å². The number of aromatic nitrogens is 1. The molecule has 1 heterocycles. The summed E-state index contributed by atoms with van der Waals surface area (Å²) in [6.07, 6.45) is 1.74. The number of hydrogen-bond donors (Lipinski definition) is 1. The molecule has 1 unspecified atom stereocenters. The van der Waals surface area contributed by atoms with Crippen molar-refractivity contribution in [1.29, 1.82) is 0 Å². The molecule has 0 amide bonds. The van der Waals surface area contributed by atoms with Crippen molar-refractivity contribution in [3.63, 3.8) is 0 Å². The largest absolute Gasteiger partial charge is 0.495 e. The molecular weight excluding hydrogens is 244 g/mol. The minimum Gasteiger partial charge on any atom is -0.495 e. The van der Waals surface area contributed by atoms with E-state index < -0.39 is 0 Å². The molecule has 0 saturated carbocycles. The normalized spacial score (nSPS) is 12.1. The molecule has 94 valence electrons. The van der Waals surface area contributed by atoms with Gasteiger partial charge in [-0.3, -0.25) is 4.98 Å². The monoisotopic (exact) mass is 260 g/mol. The van der Waals surface area contributed by atoms with Crippen LogP contribution in [0.4, 0.5) is 0 Å². The molecule has 0 aliphatic rings. The third-order valence-electron chi connectivity index (χ3n) is 2.54. The molecule has 0 fully saturated rings. The van der Waals surface area contributed by atoms with E-state index >= 15 is 0 Å². The molecule has 18 heavy (non-hydrogen) atoms. The van der Waals surface area contributed by atoms with Gasteiger partial charge in [0.05, 0.1) is 18.8 Å². The van der Waals surface area contributed by atoms with Crippen molar-refractivity contribution >= 4 is 11.8 Å². The summed E-state index contributed by atoms with van der Waals surface area (Å²) in [7, 11) is 1.64. The number of nitrogens with zero attached hydrogens (tertiary/aromatic N) is 1. The molecule has 2 N–H and O–H groups in total. The molecule has 0 aliphatic heterocycles. The van der Waals surface area contributed by atoms with Gasteiger partial charge in [0.25, 0.3) is 0 Å². The van der Waals surface area contributed by atoms with Crippen molar-refractivity contribution in [2.45, 2.75) is 10.9 Å². The van der Waals surface area contributed by atoms with Gasteiger partial charge in [-0.2, -0.15) is 0 Å². The van der Waals surface area contributed by atoms with Crippen LogP contribution in [-0.4, -0.2) is 17.8 Å². The highest BCUT2D eigenvalue weighted by Gasteiger charge is 2.13. The second-order valence-corrected chi connectivity index (χ2v) is 4.91. The lowest BCUT2D eigenvalue weighted by molar-refractivity contribution is 0.404. The van der Waals surface area contributed by atoms with Gasteiger partial charge in [0.15, 0.2) is 0 Å². The van der Waals surface area contributed by atoms with Crippen molar-refractivity contribution in [2.75, 3.05) is 12.9 Å².